The Morgan fingerprint density at radius 2 is 1.89 bits per heavy atom. The number of urea groups is 1. The fourth-order valence-corrected chi connectivity index (χ4v) is 3.27. The van der Waals surface area contributed by atoms with Gasteiger partial charge in [-0.2, -0.15) is 0 Å². The Balaban J connectivity index is 1.44. The van der Waals surface area contributed by atoms with E-state index in [0.717, 1.165) is 18.8 Å². The summed E-state index contributed by atoms with van der Waals surface area (Å²) in [6.07, 6.45) is 3.82. The van der Waals surface area contributed by atoms with E-state index in [-0.39, 0.29) is 6.03 Å². The van der Waals surface area contributed by atoms with Gasteiger partial charge < -0.3 is 19.9 Å². The van der Waals surface area contributed by atoms with Gasteiger partial charge in [-0.1, -0.05) is 17.7 Å². The van der Waals surface area contributed by atoms with Crippen molar-refractivity contribution in [3.8, 4) is 5.75 Å². The van der Waals surface area contributed by atoms with Crippen molar-refractivity contribution in [1.29, 1.82) is 0 Å². The Morgan fingerprint density at radius 3 is 2.59 bits per heavy atom. The summed E-state index contributed by atoms with van der Waals surface area (Å²) in [5.74, 6) is 0.699. The first-order valence-electron chi connectivity index (χ1n) is 9.37. The maximum Gasteiger partial charge on any atom is 0.321 e. The summed E-state index contributed by atoms with van der Waals surface area (Å²) >= 11 is 5.93. The Labute approximate surface area is 165 Å². The highest BCUT2D eigenvalue weighted by atomic mass is 35.5. The molecule has 0 radical (unpaired) electrons. The van der Waals surface area contributed by atoms with E-state index in [0.29, 0.717) is 23.9 Å². The number of rotatable bonds is 6. The van der Waals surface area contributed by atoms with Gasteiger partial charge in [-0.15, -0.1) is 0 Å². The second-order valence-electron chi connectivity index (χ2n) is 6.75. The second-order valence-corrected chi connectivity index (χ2v) is 7.19. The van der Waals surface area contributed by atoms with Crippen molar-refractivity contribution < 1.29 is 9.53 Å². The van der Waals surface area contributed by atoms with Crippen molar-refractivity contribution in [2.45, 2.75) is 19.3 Å². The molecule has 0 saturated carbocycles. The average molecular weight is 388 g/mol. The highest BCUT2D eigenvalue weighted by Gasteiger charge is 2.12. The van der Waals surface area contributed by atoms with E-state index in [2.05, 4.69) is 22.3 Å². The first-order valence-corrected chi connectivity index (χ1v) is 9.75. The molecule has 1 aliphatic rings. The molecular weight excluding hydrogens is 362 g/mol. The summed E-state index contributed by atoms with van der Waals surface area (Å²) < 4.78 is 5.63. The fourth-order valence-electron chi connectivity index (χ4n) is 3.09. The lowest BCUT2D eigenvalue weighted by Crippen LogP contribution is -2.34. The highest BCUT2D eigenvalue weighted by Crippen LogP contribution is 2.22. The molecule has 1 N–H and O–H groups in total. The number of ether oxygens (including phenoxy) is 1. The monoisotopic (exact) mass is 387 g/mol. The van der Waals surface area contributed by atoms with Gasteiger partial charge in [-0.25, -0.2) is 4.79 Å². The van der Waals surface area contributed by atoms with Crippen LogP contribution in [0, 0.1) is 0 Å². The highest BCUT2D eigenvalue weighted by molar-refractivity contribution is 6.30. The number of benzene rings is 2. The number of piperidine rings is 1. The van der Waals surface area contributed by atoms with Crippen LogP contribution in [-0.4, -0.2) is 44.2 Å². The summed E-state index contributed by atoms with van der Waals surface area (Å²) in [5.41, 5.74) is 2.01. The Morgan fingerprint density at radius 1 is 1.15 bits per heavy atom. The molecule has 2 amide bonds. The van der Waals surface area contributed by atoms with E-state index >= 15 is 0 Å². The smallest absolute Gasteiger partial charge is 0.321 e. The molecule has 5 nitrogen and oxygen atoms in total. The van der Waals surface area contributed by atoms with Crippen LogP contribution >= 0.6 is 11.6 Å². The van der Waals surface area contributed by atoms with Crippen LogP contribution in [0.5, 0.6) is 5.75 Å². The Hall–Kier alpha value is -2.40. The van der Waals surface area contributed by atoms with E-state index in [9.17, 15) is 4.79 Å². The van der Waals surface area contributed by atoms with Crippen LogP contribution in [0.4, 0.5) is 16.2 Å². The normalized spacial score (nSPS) is 13.9. The maximum absolute atomic E-state index is 12.3. The van der Waals surface area contributed by atoms with Crippen LogP contribution in [-0.2, 0) is 0 Å². The lowest BCUT2D eigenvalue weighted by Gasteiger charge is -2.29. The van der Waals surface area contributed by atoms with Crippen molar-refractivity contribution in [3.63, 3.8) is 0 Å². The summed E-state index contributed by atoms with van der Waals surface area (Å²) in [6.45, 7) is 3.10. The van der Waals surface area contributed by atoms with Gasteiger partial charge in [0.15, 0.2) is 0 Å². The zero-order valence-electron chi connectivity index (χ0n) is 15.7. The number of halogens is 1. The molecule has 1 fully saturated rings. The zero-order valence-corrected chi connectivity index (χ0v) is 16.4. The topological polar surface area (TPSA) is 44.8 Å². The van der Waals surface area contributed by atoms with Crippen molar-refractivity contribution in [3.05, 3.63) is 53.6 Å². The number of hydrogen-bond donors (Lipinski definition) is 1. The molecule has 0 unspecified atom stereocenters. The zero-order chi connectivity index (χ0) is 19.1. The van der Waals surface area contributed by atoms with Gasteiger partial charge in [0.25, 0.3) is 0 Å². The van der Waals surface area contributed by atoms with Crippen LogP contribution < -0.4 is 15.0 Å². The van der Waals surface area contributed by atoms with E-state index in [1.807, 2.05) is 24.3 Å². The minimum atomic E-state index is -0.157. The number of likely N-dealkylation sites (N-methyl/N-ethyl adjacent to an activating group) is 1. The first kappa shape index (κ1) is 19.4. The van der Waals surface area contributed by atoms with E-state index < -0.39 is 0 Å². The molecular formula is C21H26ClN3O2. The minimum absolute atomic E-state index is 0.157. The van der Waals surface area contributed by atoms with Gasteiger partial charge in [-0.05, 0) is 61.7 Å². The lowest BCUT2D eigenvalue weighted by molar-refractivity contribution is 0.207. The summed E-state index contributed by atoms with van der Waals surface area (Å²) in [6, 6.07) is 15.1. The third-order valence-corrected chi connectivity index (χ3v) is 4.91. The number of carbonyl (C=O) groups excluding carboxylic acids is 1. The average Bonchev–Trinajstić information content (AvgIpc) is 2.69. The SMILES string of the molecule is CN(CCOc1cccc(Cl)c1)C(=O)Nc1ccc(N2CCCCC2)cc1. The van der Waals surface area contributed by atoms with Crippen molar-refractivity contribution in [2.24, 2.45) is 0 Å². The number of nitrogens with one attached hydrogen (secondary N) is 1. The predicted molar refractivity (Wildman–Crippen MR) is 111 cm³/mol. The molecule has 0 spiro atoms. The molecule has 2 aromatic rings. The molecule has 3 rings (SSSR count). The third-order valence-electron chi connectivity index (χ3n) is 4.68. The molecule has 27 heavy (non-hydrogen) atoms. The molecule has 0 atom stereocenters. The third kappa shape index (κ3) is 5.79. The van der Waals surface area contributed by atoms with Gasteiger partial charge >= 0.3 is 6.03 Å². The van der Waals surface area contributed by atoms with Gasteiger partial charge in [0.05, 0.1) is 6.54 Å². The molecule has 1 aliphatic heterocycles. The van der Waals surface area contributed by atoms with Gasteiger partial charge in [0.1, 0.15) is 12.4 Å². The maximum atomic E-state index is 12.3. The van der Waals surface area contributed by atoms with E-state index in [1.165, 1.54) is 24.9 Å². The standard InChI is InChI=1S/C21H26ClN3O2/c1-24(14-15-27-20-7-5-6-17(22)16-20)21(26)23-18-8-10-19(11-9-18)25-12-3-2-4-13-25/h5-11,16H,2-4,12-15H2,1H3,(H,23,26). The van der Waals surface area contributed by atoms with E-state index in [4.69, 9.17) is 16.3 Å². The summed E-state index contributed by atoms with van der Waals surface area (Å²) in [7, 11) is 1.75. The number of amides is 2. The van der Waals surface area contributed by atoms with Crippen LogP contribution in [0.15, 0.2) is 48.5 Å². The lowest BCUT2D eigenvalue weighted by atomic mass is 10.1. The fraction of sp³-hybridized carbons (Fsp3) is 0.381. The number of carbonyl (C=O) groups is 1. The molecule has 1 heterocycles. The van der Waals surface area contributed by atoms with Gasteiger partial charge in [0.2, 0.25) is 0 Å². The number of nitrogens with zero attached hydrogens (tertiary/aromatic N) is 2. The van der Waals surface area contributed by atoms with E-state index in [1.54, 1.807) is 24.1 Å². The number of hydrogen-bond acceptors (Lipinski definition) is 3. The molecule has 1 saturated heterocycles. The Bertz CT molecular complexity index is 745. The quantitative estimate of drug-likeness (QED) is 0.768. The second kappa shape index (κ2) is 9.51. The molecule has 2 aromatic carbocycles. The summed E-state index contributed by atoms with van der Waals surface area (Å²) in [5, 5.41) is 3.55. The van der Waals surface area contributed by atoms with Crippen LogP contribution in [0.3, 0.4) is 0 Å². The molecule has 0 bridgehead atoms. The molecule has 6 heteroatoms. The first-order chi connectivity index (χ1) is 13.1. The van der Waals surface area contributed by atoms with Crippen LogP contribution in [0.1, 0.15) is 19.3 Å². The Kier molecular flexibility index (Phi) is 6.82. The van der Waals surface area contributed by atoms with Crippen LogP contribution in [0.25, 0.3) is 0 Å². The van der Waals surface area contributed by atoms with Gasteiger partial charge in [-0.3, -0.25) is 0 Å². The molecule has 0 aromatic heterocycles. The summed E-state index contributed by atoms with van der Waals surface area (Å²) in [4.78, 5) is 16.3. The van der Waals surface area contributed by atoms with Crippen LogP contribution in [0.2, 0.25) is 5.02 Å². The van der Waals surface area contributed by atoms with Crippen molar-refractivity contribution >= 4 is 29.0 Å². The largest absolute Gasteiger partial charge is 0.492 e. The molecule has 144 valence electrons. The minimum Gasteiger partial charge on any atom is -0.492 e. The van der Waals surface area contributed by atoms with Gasteiger partial charge in [0, 0.05) is 36.5 Å². The predicted octanol–water partition coefficient (Wildman–Crippen LogP) is 4.87. The molecule has 0 aliphatic carbocycles. The van der Waals surface area contributed by atoms with Crippen molar-refractivity contribution in [2.75, 3.05) is 43.5 Å². The number of anilines is 2. The van der Waals surface area contributed by atoms with Crippen molar-refractivity contribution in [1.82, 2.24) is 4.90 Å².